The number of benzene rings is 2. The first-order valence-corrected chi connectivity index (χ1v) is 9.25. The Labute approximate surface area is 161 Å². The molecule has 0 spiro atoms. The van der Waals surface area contributed by atoms with Crippen LogP contribution >= 0.6 is 11.3 Å². The van der Waals surface area contributed by atoms with Crippen molar-refractivity contribution >= 4 is 22.4 Å². The van der Waals surface area contributed by atoms with E-state index >= 15 is 0 Å². The predicted octanol–water partition coefficient (Wildman–Crippen LogP) is 4.48. The second kappa shape index (κ2) is 8.55. The molecule has 3 rings (SSSR count). The van der Waals surface area contributed by atoms with Crippen LogP contribution in [0.15, 0.2) is 47.8 Å². The van der Waals surface area contributed by atoms with E-state index in [-0.39, 0.29) is 5.91 Å². The Bertz CT molecular complexity index is 922. The zero-order chi connectivity index (χ0) is 19.2. The summed E-state index contributed by atoms with van der Waals surface area (Å²) in [6.45, 7) is 2.57. The van der Waals surface area contributed by atoms with E-state index in [0.29, 0.717) is 28.8 Å². The van der Waals surface area contributed by atoms with E-state index < -0.39 is 0 Å². The molecule has 0 aliphatic heterocycles. The van der Waals surface area contributed by atoms with E-state index in [9.17, 15) is 4.79 Å². The van der Waals surface area contributed by atoms with Crippen molar-refractivity contribution in [2.75, 3.05) is 26.1 Å². The van der Waals surface area contributed by atoms with Crippen molar-refractivity contribution in [3.05, 3.63) is 53.4 Å². The fourth-order valence-corrected chi connectivity index (χ4v) is 3.30. The molecule has 0 bridgehead atoms. The second-order valence-corrected chi connectivity index (χ2v) is 6.35. The van der Waals surface area contributed by atoms with E-state index in [4.69, 9.17) is 14.2 Å². The Balaban J connectivity index is 1.77. The lowest BCUT2D eigenvalue weighted by Crippen LogP contribution is -2.13. The van der Waals surface area contributed by atoms with Crippen molar-refractivity contribution in [2.24, 2.45) is 0 Å². The average Bonchev–Trinajstić information content (AvgIpc) is 3.16. The number of thiazole rings is 1. The Morgan fingerprint density at radius 2 is 1.89 bits per heavy atom. The minimum atomic E-state index is -0.307. The van der Waals surface area contributed by atoms with Gasteiger partial charge in [-0.25, -0.2) is 4.98 Å². The van der Waals surface area contributed by atoms with E-state index in [1.807, 2.05) is 36.6 Å². The highest BCUT2D eigenvalue weighted by Crippen LogP contribution is 2.32. The van der Waals surface area contributed by atoms with Gasteiger partial charge >= 0.3 is 0 Å². The van der Waals surface area contributed by atoms with Crippen molar-refractivity contribution in [2.45, 2.75) is 6.92 Å². The van der Waals surface area contributed by atoms with Crippen LogP contribution in [0.1, 0.15) is 17.3 Å². The summed E-state index contributed by atoms with van der Waals surface area (Å²) < 4.78 is 16.0. The monoisotopic (exact) mass is 384 g/mol. The molecule has 140 valence electrons. The van der Waals surface area contributed by atoms with Gasteiger partial charge in [0, 0.05) is 10.9 Å². The van der Waals surface area contributed by atoms with Gasteiger partial charge < -0.3 is 14.2 Å². The molecule has 3 aromatic rings. The summed E-state index contributed by atoms with van der Waals surface area (Å²) in [6.07, 6.45) is 0. The highest BCUT2D eigenvalue weighted by atomic mass is 32.1. The highest BCUT2D eigenvalue weighted by molar-refractivity contribution is 7.14. The molecule has 1 aromatic heterocycles. The van der Waals surface area contributed by atoms with E-state index in [0.717, 1.165) is 17.0 Å². The van der Waals surface area contributed by atoms with Gasteiger partial charge in [0.1, 0.15) is 5.75 Å². The smallest absolute Gasteiger partial charge is 0.261 e. The van der Waals surface area contributed by atoms with Crippen LogP contribution < -0.4 is 19.5 Å². The number of para-hydroxylation sites is 1. The molecule has 0 unspecified atom stereocenters. The van der Waals surface area contributed by atoms with Crippen molar-refractivity contribution in [1.29, 1.82) is 0 Å². The first-order valence-electron chi connectivity index (χ1n) is 8.37. The van der Waals surface area contributed by atoms with Crippen molar-refractivity contribution in [3.63, 3.8) is 0 Å². The molecule has 6 nitrogen and oxygen atoms in total. The molecule has 27 heavy (non-hydrogen) atoms. The number of carbonyl (C=O) groups excluding carboxylic acids is 1. The summed E-state index contributed by atoms with van der Waals surface area (Å²) >= 11 is 1.36. The Hall–Kier alpha value is -3.06. The maximum atomic E-state index is 12.6. The van der Waals surface area contributed by atoms with Gasteiger partial charge in [-0.05, 0) is 43.3 Å². The first kappa shape index (κ1) is 18.7. The normalized spacial score (nSPS) is 10.3. The second-order valence-electron chi connectivity index (χ2n) is 5.49. The molecule has 0 aliphatic carbocycles. The van der Waals surface area contributed by atoms with Crippen molar-refractivity contribution < 1.29 is 19.0 Å². The largest absolute Gasteiger partial charge is 0.494 e. The van der Waals surface area contributed by atoms with Gasteiger partial charge in [-0.2, -0.15) is 0 Å². The summed E-state index contributed by atoms with van der Waals surface area (Å²) in [6, 6.07) is 12.8. The Morgan fingerprint density at radius 1 is 1.11 bits per heavy atom. The number of nitrogens with zero attached hydrogens (tertiary/aromatic N) is 1. The third-order valence-electron chi connectivity index (χ3n) is 3.83. The maximum Gasteiger partial charge on any atom is 0.261 e. The number of methoxy groups -OCH3 is 2. The van der Waals surface area contributed by atoms with Gasteiger partial charge in [0.05, 0.1) is 32.1 Å². The lowest BCUT2D eigenvalue weighted by molar-refractivity contribution is 0.102. The molecule has 0 aliphatic rings. The summed E-state index contributed by atoms with van der Waals surface area (Å²) in [5, 5.41) is 5.22. The number of amides is 1. The highest BCUT2D eigenvalue weighted by Gasteiger charge is 2.17. The fraction of sp³-hybridized carbons (Fsp3) is 0.200. The number of hydrogen-bond donors (Lipinski definition) is 1. The molecule has 1 heterocycles. The average molecular weight is 384 g/mol. The number of rotatable bonds is 7. The number of anilines is 1. The molecule has 7 heteroatoms. The molecule has 1 N–H and O–H groups in total. The summed E-state index contributed by atoms with van der Waals surface area (Å²) in [4.78, 5) is 17.1. The molecule has 0 radical (unpaired) electrons. The predicted molar refractivity (Wildman–Crippen MR) is 106 cm³/mol. The minimum Gasteiger partial charge on any atom is -0.494 e. The molecular formula is C20H20N2O4S. The Kier molecular flexibility index (Phi) is 5.93. The van der Waals surface area contributed by atoms with E-state index in [1.165, 1.54) is 25.6 Å². The zero-order valence-corrected chi connectivity index (χ0v) is 16.1. The number of carbonyl (C=O) groups is 1. The molecule has 0 saturated heterocycles. The van der Waals surface area contributed by atoms with E-state index in [1.54, 1.807) is 18.2 Å². The number of aromatic nitrogens is 1. The number of hydrogen-bond acceptors (Lipinski definition) is 6. The molecular weight excluding hydrogens is 364 g/mol. The van der Waals surface area contributed by atoms with Gasteiger partial charge in [0.2, 0.25) is 0 Å². The molecule has 0 atom stereocenters. The van der Waals surface area contributed by atoms with Crippen LogP contribution in [0.2, 0.25) is 0 Å². The molecule has 0 saturated carbocycles. The van der Waals surface area contributed by atoms with Crippen LogP contribution in [-0.4, -0.2) is 31.7 Å². The minimum absolute atomic E-state index is 0.307. The first-order chi connectivity index (χ1) is 13.2. The van der Waals surface area contributed by atoms with Crippen molar-refractivity contribution in [1.82, 2.24) is 4.98 Å². The van der Waals surface area contributed by atoms with Gasteiger partial charge in [0.15, 0.2) is 16.6 Å². The van der Waals surface area contributed by atoms with Crippen LogP contribution in [0.4, 0.5) is 5.13 Å². The number of ether oxygens (including phenoxy) is 3. The summed E-state index contributed by atoms with van der Waals surface area (Å²) in [5.74, 6) is 1.40. The van der Waals surface area contributed by atoms with Crippen LogP contribution in [0, 0.1) is 0 Å². The Morgan fingerprint density at radius 3 is 2.56 bits per heavy atom. The van der Waals surface area contributed by atoms with Gasteiger partial charge in [-0.1, -0.05) is 6.07 Å². The lowest BCUT2D eigenvalue weighted by Gasteiger charge is -2.11. The van der Waals surface area contributed by atoms with Gasteiger partial charge in [-0.15, -0.1) is 11.3 Å². The molecule has 2 aromatic carbocycles. The summed E-state index contributed by atoms with van der Waals surface area (Å²) in [7, 11) is 3.03. The van der Waals surface area contributed by atoms with Crippen LogP contribution in [0.5, 0.6) is 17.2 Å². The van der Waals surface area contributed by atoms with Gasteiger partial charge in [-0.3, -0.25) is 10.1 Å². The third-order valence-corrected chi connectivity index (χ3v) is 4.59. The lowest BCUT2D eigenvalue weighted by atomic mass is 10.1. The van der Waals surface area contributed by atoms with Crippen molar-refractivity contribution in [3.8, 4) is 28.5 Å². The SMILES string of the molecule is CCOc1ccc(-c2csc(NC(=O)c3cccc(OC)c3OC)n2)cc1. The van der Waals surface area contributed by atoms with Crippen LogP contribution in [0.3, 0.4) is 0 Å². The number of nitrogens with one attached hydrogen (secondary N) is 1. The fourth-order valence-electron chi connectivity index (χ4n) is 2.58. The van der Waals surface area contributed by atoms with Crippen LogP contribution in [0.25, 0.3) is 11.3 Å². The summed E-state index contributed by atoms with van der Waals surface area (Å²) in [5.41, 5.74) is 2.12. The zero-order valence-electron chi connectivity index (χ0n) is 15.3. The quantitative estimate of drug-likeness (QED) is 0.650. The molecule has 0 fully saturated rings. The van der Waals surface area contributed by atoms with Gasteiger partial charge in [0.25, 0.3) is 5.91 Å². The standard InChI is InChI=1S/C20H20N2O4S/c1-4-26-14-10-8-13(9-11-14)16-12-27-20(21-16)22-19(23)15-6-5-7-17(24-2)18(15)25-3/h5-12H,4H2,1-3H3,(H,21,22,23). The third kappa shape index (κ3) is 4.20. The van der Waals surface area contributed by atoms with Crippen LogP contribution in [-0.2, 0) is 0 Å². The molecule has 1 amide bonds. The topological polar surface area (TPSA) is 69.7 Å². The maximum absolute atomic E-state index is 12.6. The van der Waals surface area contributed by atoms with E-state index in [2.05, 4.69) is 10.3 Å².